The van der Waals surface area contributed by atoms with Crippen molar-refractivity contribution in [1.82, 2.24) is 4.57 Å². The van der Waals surface area contributed by atoms with Gasteiger partial charge in [-0.1, -0.05) is 140 Å². The Bertz CT molecular complexity index is 2930. The van der Waals surface area contributed by atoms with Gasteiger partial charge in [-0.2, -0.15) is 4.99 Å². The van der Waals surface area contributed by atoms with E-state index in [-0.39, 0.29) is 0 Å². The first kappa shape index (κ1) is 33.4. The molecule has 0 spiro atoms. The molecule has 0 aliphatic carbocycles. The molecule has 0 unspecified atom stereocenters. The third kappa shape index (κ3) is 6.26. The first-order valence-corrected chi connectivity index (χ1v) is 18.2. The van der Waals surface area contributed by atoms with Gasteiger partial charge in [0, 0.05) is 44.9 Å². The lowest BCUT2D eigenvalue weighted by molar-refractivity contribution is 1.03. The molecule has 6 nitrogen and oxygen atoms in total. The van der Waals surface area contributed by atoms with Crippen LogP contribution in [0.15, 0.2) is 191 Å². The van der Waals surface area contributed by atoms with E-state index in [1.165, 1.54) is 6.21 Å². The van der Waals surface area contributed by atoms with Gasteiger partial charge in [-0.05, 0) is 76.0 Å². The van der Waals surface area contributed by atoms with Crippen LogP contribution in [0.5, 0.6) is 0 Å². The van der Waals surface area contributed by atoms with Crippen LogP contribution in [0.1, 0.15) is 16.7 Å². The van der Waals surface area contributed by atoms with E-state index in [0.29, 0.717) is 18.3 Å². The van der Waals surface area contributed by atoms with Gasteiger partial charge >= 0.3 is 0 Å². The molecule has 0 saturated heterocycles. The Morgan fingerprint density at radius 3 is 2.04 bits per heavy atom. The van der Waals surface area contributed by atoms with Gasteiger partial charge in [0.2, 0.25) is 5.96 Å². The van der Waals surface area contributed by atoms with Crippen molar-refractivity contribution in [3.63, 3.8) is 0 Å². The fourth-order valence-corrected chi connectivity index (χ4v) is 7.51. The van der Waals surface area contributed by atoms with Crippen LogP contribution in [0.4, 0.5) is 11.4 Å². The fraction of sp³-hybridized carbons (Fsp3) is 0.0204. The number of fused-ring (bicyclic) bond motifs is 7. The van der Waals surface area contributed by atoms with Crippen LogP contribution in [0, 0.1) is 5.41 Å². The smallest absolute Gasteiger partial charge is 0.232 e. The Labute approximate surface area is 319 Å². The maximum atomic E-state index is 8.60. The maximum absolute atomic E-state index is 8.60. The van der Waals surface area contributed by atoms with Crippen molar-refractivity contribution in [1.29, 1.82) is 5.41 Å². The molecule has 1 heterocycles. The van der Waals surface area contributed by atoms with Gasteiger partial charge in [-0.3, -0.25) is 4.57 Å². The second-order valence-corrected chi connectivity index (χ2v) is 13.4. The Balaban J connectivity index is 1.43. The topological polar surface area (TPSA) is 77.9 Å². The van der Waals surface area contributed by atoms with E-state index in [1.807, 2.05) is 78.9 Å². The first-order valence-electron chi connectivity index (χ1n) is 18.2. The van der Waals surface area contributed by atoms with Crippen LogP contribution in [-0.2, 0) is 6.54 Å². The minimum Gasteiger partial charge on any atom is -0.355 e. The van der Waals surface area contributed by atoms with Crippen molar-refractivity contribution in [3.8, 4) is 11.1 Å². The van der Waals surface area contributed by atoms with E-state index < -0.39 is 0 Å². The van der Waals surface area contributed by atoms with Gasteiger partial charge in [0.05, 0.1) is 17.6 Å². The summed E-state index contributed by atoms with van der Waals surface area (Å²) in [6.45, 7) is 4.34. The zero-order chi connectivity index (χ0) is 37.1. The van der Waals surface area contributed by atoms with Gasteiger partial charge in [0.15, 0.2) is 5.84 Å². The summed E-state index contributed by atoms with van der Waals surface area (Å²) in [5, 5.41) is 18.8. The summed E-state index contributed by atoms with van der Waals surface area (Å²) in [7, 11) is 0. The van der Waals surface area contributed by atoms with Crippen molar-refractivity contribution in [2.45, 2.75) is 6.54 Å². The normalized spacial score (nSPS) is 12.1. The number of nitrogens with zero attached hydrogens (tertiary/aromatic N) is 4. The number of aromatic nitrogens is 1. The van der Waals surface area contributed by atoms with Crippen molar-refractivity contribution < 1.29 is 0 Å². The van der Waals surface area contributed by atoms with Gasteiger partial charge in [-0.25, -0.2) is 9.98 Å². The number of rotatable bonds is 7. The monoisotopic (exact) mass is 708 g/mol. The zero-order valence-corrected chi connectivity index (χ0v) is 30.0. The van der Waals surface area contributed by atoms with E-state index in [2.05, 4.69) is 119 Å². The third-order valence-electron chi connectivity index (χ3n) is 10.0. The highest BCUT2D eigenvalue weighted by Crippen LogP contribution is 2.44. The summed E-state index contributed by atoms with van der Waals surface area (Å²) < 4.78 is 2.15. The Morgan fingerprint density at radius 1 is 0.636 bits per heavy atom. The quantitative estimate of drug-likeness (QED) is 0.0965. The average Bonchev–Trinajstić information content (AvgIpc) is 3.57. The molecule has 0 bridgehead atoms. The summed E-state index contributed by atoms with van der Waals surface area (Å²) in [5.41, 5.74) is 8.53. The van der Waals surface area contributed by atoms with Gasteiger partial charge in [-0.15, -0.1) is 0 Å². The summed E-state index contributed by atoms with van der Waals surface area (Å²) >= 11 is 0. The summed E-state index contributed by atoms with van der Waals surface area (Å²) in [5.74, 6) is 0.949. The Kier molecular flexibility index (Phi) is 8.82. The lowest BCUT2D eigenvalue weighted by atomic mass is 9.91. The molecule has 0 saturated carbocycles. The SMILES string of the molecule is C=N/C(=N\C(=NCc1ccccc1)n1c2cc(Nc3ccccc3)c(C=N)cc2c2c3c(ccc21)c(-c1ccccc1)cc1ccccc13)c1ccccc1. The molecule has 0 radical (unpaired) electrons. The van der Waals surface area contributed by atoms with Crippen LogP contribution < -0.4 is 5.32 Å². The van der Waals surface area contributed by atoms with Crippen molar-refractivity contribution in [2.24, 2.45) is 15.0 Å². The Morgan fingerprint density at radius 2 is 1.31 bits per heavy atom. The molecule has 0 fully saturated rings. The highest BCUT2D eigenvalue weighted by Gasteiger charge is 2.22. The van der Waals surface area contributed by atoms with Gasteiger partial charge < -0.3 is 10.7 Å². The van der Waals surface area contributed by atoms with Crippen LogP contribution in [0.2, 0.25) is 0 Å². The number of hydrogen-bond donors (Lipinski definition) is 2. The number of para-hydroxylation sites is 1. The minimum absolute atomic E-state index is 0.405. The molecule has 8 aromatic carbocycles. The van der Waals surface area contributed by atoms with Gasteiger partial charge in [0.1, 0.15) is 0 Å². The summed E-state index contributed by atoms with van der Waals surface area (Å²) in [6.07, 6.45) is 1.42. The van der Waals surface area contributed by atoms with Crippen molar-refractivity contribution in [3.05, 3.63) is 193 Å². The second-order valence-electron chi connectivity index (χ2n) is 13.4. The standard InChI is InChI=1S/C49H36N6/c1-51-48(35-20-10-4-11-21-35)54-49(52-32-33-16-6-2-7-17-33)55-44-27-26-40-41(34-18-8-3-9-19-34)28-36-22-14-15-25-39(36)46(40)47(44)42-29-37(31-50)43(30-45(42)55)53-38-23-12-5-13-24-38/h2-31,50,53H,1,32H2/b50-31?,52-49?,54-48-. The van der Waals surface area contributed by atoms with E-state index in [1.54, 1.807) is 0 Å². The Hall–Kier alpha value is -7.44. The molecular weight excluding hydrogens is 673 g/mol. The number of amidine groups is 1. The molecule has 262 valence electrons. The molecule has 0 atom stereocenters. The lowest BCUT2D eigenvalue weighted by Gasteiger charge is -2.14. The van der Waals surface area contributed by atoms with Crippen LogP contribution in [0.3, 0.4) is 0 Å². The minimum atomic E-state index is 0.405. The first-order chi connectivity index (χ1) is 27.2. The average molecular weight is 709 g/mol. The molecule has 6 heteroatoms. The van der Waals surface area contributed by atoms with Crippen LogP contribution in [0.25, 0.3) is 54.5 Å². The third-order valence-corrected chi connectivity index (χ3v) is 10.0. The molecule has 0 aliphatic rings. The van der Waals surface area contributed by atoms with Crippen molar-refractivity contribution in [2.75, 3.05) is 5.32 Å². The molecule has 0 amide bonds. The molecule has 0 aliphatic heterocycles. The largest absolute Gasteiger partial charge is 0.355 e. The van der Waals surface area contributed by atoms with Crippen LogP contribution in [-0.4, -0.2) is 29.3 Å². The van der Waals surface area contributed by atoms with E-state index in [9.17, 15) is 0 Å². The van der Waals surface area contributed by atoms with E-state index >= 15 is 0 Å². The molecule has 9 aromatic rings. The number of anilines is 2. The predicted molar refractivity (Wildman–Crippen MR) is 233 cm³/mol. The van der Waals surface area contributed by atoms with Gasteiger partial charge in [0.25, 0.3) is 0 Å². The molecule has 2 N–H and O–H groups in total. The molecule has 9 rings (SSSR count). The second kappa shape index (κ2) is 14.5. The molecule has 55 heavy (non-hydrogen) atoms. The number of hydrogen-bond acceptors (Lipinski definition) is 3. The van der Waals surface area contributed by atoms with Crippen LogP contribution >= 0.6 is 0 Å². The molecular formula is C49H36N6. The van der Waals surface area contributed by atoms with E-state index in [4.69, 9.17) is 15.4 Å². The summed E-state index contributed by atoms with van der Waals surface area (Å²) in [6, 6.07) is 60.2. The number of aliphatic imine (C=N–C) groups is 3. The number of nitrogens with one attached hydrogen (secondary N) is 2. The van der Waals surface area contributed by atoms with Crippen molar-refractivity contribution >= 4 is 79.5 Å². The fourth-order valence-electron chi connectivity index (χ4n) is 7.51. The number of benzene rings is 8. The highest BCUT2D eigenvalue weighted by molar-refractivity contribution is 6.32. The van der Waals surface area contributed by atoms with E-state index in [0.717, 1.165) is 82.5 Å². The zero-order valence-electron chi connectivity index (χ0n) is 30.0. The maximum Gasteiger partial charge on any atom is 0.232 e. The predicted octanol–water partition coefficient (Wildman–Crippen LogP) is 12.1. The highest BCUT2D eigenvalue weighted by atomic mass is 15.2. The molecule has 1 aromatic heterocycles. The lowest BCUT2D eigenvalue weighted by Crippen LogP contribution is -2.13. The summed E-state index contributed by atoms with van der Waals surface area (Å²) in [4.78, 5) is 14.9.